The lowest BCUT2D eigenvalue weighted by Gasteiger charge is -2.12. The second kappa shape index (κ2) is 9.32. The van der Waals surface area contributed by atoms with E-state index in [1.807, 2.05) is 36.4 Å². The quantitative estimate of drug-likeness (QED) is 0.562. The third-order valence-electron chi connectivity index (χ3n) is 4.41. The SMILES string of the molecule is CCCc1n[nH]c(=S)n1CC(=O)Nc1ccc(OC)c(Cc2ccccc2)c1. The van der Waals surface area contributed by atoms with E-state index in [2.05, 4.69) is 34.6 Å². The second-order valence-electron chi connectivity index (χ2n) is 6.52. The van der Waals surface area contributed by atoms with Crippen molar-refractivity contribution in [2.75, 3.05) is 12.4 Å². The van der Waals surface area contributed by atoms with Crippen LogP contribution < -0.4 is 10.1 Å². The van der Waals surface area contributed by atoms with Gasteiger partial charge in [0.2, 0.25) is 5.91 Å². The van der Waals surface area contributed by atoms with E-state index < -0.39 is 0 Å². The molecule has 7 heteroatoms. The van der Waals surface area contributed by atoms with E-state index in [0.717, 1.165) is 42.1 Å². The molecule has 146 valence electrons. The second-order valence-corrected chi connectivity index (χ2v) is 6.91. The van der Waals surface area contributed by atoms with Gasteiger partial charge in [-0.05, 0) is 42.4 Å². The summed E-state index contributed by atoms with van der Waals surface area (Å²) in [6.45, 7) is 2.19. The number of carbonyl (C=O) groups is 1. The van der Waals surface area contributed by atoms with Crippen molar-refractivity contribution in [3.05, 3.63) is 70.3 Å². The molecule has 0 aliphatic heterocycles. The Labute approximate surface area is 169 Å². The fourth-order valence-corrected chi connectivity index (χ4v) is 3.30. The number of H-pyrrole nitrogens is 1. The van der Waals surface area contributed by atoms with Gasteiger partial charge in [0.1, 0.15) is 18.1 Å². The van der Waals surface area contributed by atoms with Crippen LogP contribution in [0.15, 0.2) is 48.5 Å². The van der Waals surface area contributed by atoms with E-state index in [1.165, 1.54) is 5.56 Å². The fraction of sp³-hybridized carbons (Fsp3) is 0.286. The first-order valence-corrected chi connectivity index (χ1v) is 9.66. The summed E-state index contributed by atoms with van der Waals surface area (Å²) < 4.78 is 7.67. The monoisotopic (exact) mass is 396 g/mol. The third kappa shape index (κ3) is 4.86. The van der Waals surface area contributed by atoms with Crippen molar-refractivity contribution >= 4 is 23.8 Å². The molecular formula is C21H24N4O2S. The molecule has 3 aromatic rings. The highest BCUT2D eigenvalue weighted by molar-refractivity contribution is 7.71. The minimum atomic E-state index is -0.148. The van der Waals surface area contributed by atoms with Gasteiger partial charge in [0.05, 0.1) is 7.11 Å². The van der Waals surface area contributed by atoms with Gasteiger partial charge in [-0.1, -0.05) is 37.3 Å². The summed E-state index contributed by atoms with van der Waals surface area (Å²) in [6.07, 6.45) is 2.42. The van der Waals surface area contributed by atoms with Crippen LogP contribution in [0.5, 0.6) is 5.75 Å². The van der Waals surface area contributed by atoms with Crippen LogP contribution >= 0.6 is 12.2 Å². The third-order valence-corrected chi connectivity index (χ3v) is 4.73. The average molecular weight is 397 g/mol. The standard InChI is InChI=1S/C21H24N4O2S/c1-3-7-19-23-24-21(28)25(19)14-20(26)22-17-10-11-18(27-2)16(13-17)12-15-8-5-4-6-9-15/h4-6,8-11,13H,3,7,12,14H2,1-2H3,(H,22,26)(H,24,28). The normalized spacial score (nSPS) is 10.6. The van der Waals surface area contributed by atoms with Crippen molar-refractivity contribution in [1.29, 1.82) is 0 Å². The highest BCUT2D eigenvalue weighted by atomic mass is 32.1. The Hall–Kier alpha value is -2.93. The number of methoxy groups -OCH3 is 1. The van der Waals surface area contributed by atoms with E-state index in [9.17, 15) is 4.79 Å². The van der Waals surface area contributed by atoms with Gasteiger partial charge < -0.3 is 10.1 Å². The number of nitrogens with zero attached hydrogens (tertiary/aromatic N) is 2. The highest BCUT2D eigenvalue weighted by Crippen LogP contribution is 2.25. The number of nitrogens with one attached hydrogen (secondary N) is 2. The molecule has 1 amide bonds. The molecule has 0 unspecified atom stereocenters. The predicted molar refractivity (Wildman–Crippen MR) is 112 cm³/mol. The largest absolute Gasteiger partial charge is 0.496 e. The minimum absolute atomic E-state index is 0.130. The zero-order chi connectivity index (χ0) is 19.9. The van der Waals surface area contributed by atoms with Crippen molar-refractivity contribution in [1.82, 2.24) is 14.8 Å². The number of rotatable bonds is 8. The molecule has 0 bridgehead atoms. The van der Waals surface area contributed by atoms with Crippen molar-refractivity contribution in [3.63, 3.8) is 0 Å². The summed E-state index contributed by atoms with van der Waals surface area (Å²) in [5.74, 6) is 1.44. The van der Waals surface area contributed by atoms with Gasteiger partial charge in [0.15, 0.2) is 4.77 Å². The number of aromatic amines is 1. The van der Waals surface area contributed by atoms with Crippen LogP contribution in [0.2, 0.25) is 0 Å². The van der Waals surface area contributed by atoms with Gasteiger partial charge in [-0.15, -0.1) is 0 Å². The number of benzene rings is 2. The summed E-state index contributed by atoms with van der Waals surface area (Å²) in [7, 11) is 1.65. The van der Waals surface area contributed by atoms with Crippen LogP contribution in [-0.2, 0) is 24.2 Å². The molecule has 0 atom stereocenters. The molecule has 28 heavy (non-hydrogen) atoms. The Bertz CT molecular complexity index is 995. The Morgan fingerprint density at radius 1 is 1.25 bits per heavy atom. The molecule has 2 N–H and O–H groups in total. The molecule has 0 spiro atoms. The number of hydrogen-bond acceptors (Lipinski definition) is 4. The Morgan fingerprint density at radius 3 is 2.75 bits per heavy atom. The fourth-order valence-electron chi connectivity index (χ4n) is 3.08. The molecule has 1 heterocycles. The van der Waals surface area contributed by atoms with E-state index in [1.54, 1.807) is 11.7 Å². The molecule has 6 nitrogen and oxygen atoms in total. The maximum atomic E-state index is 12.6. The zero-order valence-electron chi connectivity index (χ0n) is 16.1. The number of aromatic nitrogens is 3. The van der Waals surface area contributed by atoms with Crippen LogP contribution in [0.1, 0.15) is 30.3 Å². The van der Waals surface area contributed by atoms with Crippen LogP contribution in [0.4, 0.5) is 5.69 Å². The summed E-state index contributed by atoms with van der Waals surface area (Å²) in [4.78, 5) is 12.6. The van der Waals surface area contributed by atoms with E-state index in [4.69, 9.17) is 17.0 Å². The van der Waals surface area contributed by atoms with Crippen molar-refractivity contribution < 1.29 is 9.53 Å². The Morgan fingerprint density at radius 2 is 2.04 bits per heavy atom. The molecule has 0 radical (unpaired) electrons. The lowest BCUT2D eigenvalue weighted by molar-refractivity contribution is -0.116. The van der Waals surface area contributed by atoms with Crippen molar-refractivity contribution in [3.8, 4) is 5.75 Å². The van der Waals surface area contributed by atoms with Crippen LogP contribution in [0.3, 0.4) is 0 Å². The van der Waals surface area contributed by atoms with Gasteiger partial charge in [-0.25, -0.2) is 0 Å². The maximum absolute atomic E-state index is 12.6. The topological polar surface area (TPSA) is 71.9 Å². The van der Waals surface area contributed by atoms with Crippen LogP contribution in [-0.4, -0.2) is 27.8 Å². The summed E-state index contributed by atoms with van der Waals surface area (Å²) in [5, 5.41) is 9.91. The number of anilines is 1. The molecule has 0 fully saturated rings. The number of ether oxygens (including phenoxy) is 1. The number of hydrogen-bond donors (Lipinski definition) is 2. The van der Waals surface area contributed by atoms with Gasteiger partial charge in [0.25, 0.3) is 0 Å². The summed E-state index contributed by atoms with van der Waals surface area (Å²) in [5.41, 5.74) is 2.92. The van der Waals surface area contributed by atoms with Crippen molar-refractivity contribution in [2.45, 2.75) is 32.7 Å². The maximum Gasteiger partial charge on any atom is 0.244 e. The average Bonchev–Trinajstić information content (AvgIpc) is 3.03. The first-order chi connectivity index (χ1) is 13.6. The number of amides is 1. The number of aryl methyl sites for hydroxylation is 1. The van der Waals surface area contributed by atoms with Gasteiger partial charge in [-0.2, -0.15) is 5.10 Å². The highest BCUT2D eigenvalue weighted by Gasteiger charge is 2.12. The minimum Gasteiger partial charge on any atom is -0.496 e. The molecule has 0 saturated heterocycles. The van der Waals surface area contributed by atoms with Crippen LogP contribution in [0, 0.1) is 4.77 Å². The lowest BCUT2D eigenvalue weighted by Crippen LogP contribution is -2.20. The van der Waals surface area contributed by atoms with E-state index in [0.29, 0.717) is 4.77 Å². The molecule has 1 aromatic heterocycles. The Balaban J connectivity index is 1.75. The molecule has 2 aromatic carbocycles. The van der Waals surface area contributed by atoms with Gasteiger partial charge >= 0.3 is 0 Å². The zero-order valence-corrected chi connectivity index (χ0v) is 16.9. The number of carbonyl (C=O) groups excluding carboxylic acids is 1. The first-order valence-electron chi connectivity index (χ1n) is 9.25. The molecule has 3 rings (SSSR count). The van der Waals surface area contributed by atoms with Crippen molar-refractivity contribution in [2.24, 2.45) is 0 Å². The summed E-state index contributed by atoms with van der Waals surface area (Å²) in [6, 6.07) is 15.8. The Kier molecular flexibility index (Phi) is 6.60. The molecule has 0 aliphatic carbocycles. The first kappa shape index (κ1) is 19.8. The molecule has 0 saturated carbocycles. The predicted octanol–water partition coefficient (Wildman–Crippen LogP) is 4.13. The lowest BCUT2D eigenvalue weighted by atomic mass is 10.0. The van der Waals surface area contributed by atoms with E-state index >= 15 is 0 Å². The van der Waals surface area contributed by atoms with Gasteiger partial charge in [-0.3, -0.25) is 14.5 Å². The molecular weight excluding hydrogens is 372 g/mol. The van der Waals surface area contributed by atoms with E-state index in [-0.39, 0.29) is 12.5 Å². The van der Waals surface area contributed by atoms with Crippen LogP contribution in [0.25, 0.3) is 0 Å². The smallest absolute Gasteiger partial charge is 0.244 e. The summed E-state index contributed by atoms with van der Waals surface area (Å²) >= 11 is 5.24. The van der Waals surface area contributed by atoms with Gasteiger partial charge in [0, 0.05) is 24.1 Å². The molecule has 0 aliphatic rings.